The second-order valence-electron chi connectivity index (χ2n) is 7.23. The first-order valence-corrected chi connectivity index (χ1v) is 10.6. The van der Waals surface area contributed by atoms with Gasteiger partial charge in [0.15, 0.2) is 8.32 Å². The molecule has 0 aromatic carbocycles. The standard InChI is InChI=1S/C16H28N2O4Si/c1-13(2)16(14(18(19)20)9-8-10-17-16)21-11-12-22-23(6,7)15(3,4)5/h8-10,17H,1,11-12H2,2-7H3. The van der Waals surface area contributed by atoms with E-state index < -0.39 is 19.0 Å². The summed E-state index contributed by atoms with van der Waals surface area (Å²) in [5.74, 6) is 0. The van der Waals surface area contributed by atoms with Crippen LogP contribution in [0.1, 0.15) is 27.7 Å². The number of rotatable bonds is 7. The second-order valence-corrected chi connectivity index (χ2v) is 12.0. The van der Waals surface area contributed by atoms with Crippen LogP contribution in [0.3, 0.4) is 0 Å². The first-order valence-electron chi connectivity index (χ1n) is 7.67. The summed E-state index contributed by atoms with van der Waals surface area (Å²) < 4.78 is 11.9. The highest BCUT2D eigenvalue weighted by atomic mass is 28.4. The van der Waals surface area contributed by atoms with Gasteiger partial charge in [0.2, 0.25) is 0 Å². The van der Waals surface area contributed by atoms with Crippen molar-refractivity contribution in [3.05, 3.63) is 46.3 Å². The number of allylic oxidation sites excluding steroid dienone is 2. The molecule has 1 heterocycles. The number of nitro groups is 1. The Labute approximate surface area is 139 Å². The summed E-state index contributed by atoms with van der Waals surface area (Å²) in [7, 11) is -1.87. The van der Waals surface area contributed by atoms with E-state index in [1.165, 1.54) is 6.08 Å². The number of nitrogens with zero attached hydrogens (tertiary/aromatic N) is 1. The molecular weight excluding hydrogens is 312 g/mol. The zero-order valence-corrected chi connectivity index (χ0v) is 15.9. The normalized spacial score (nSPS) is 21.6. The van der Waals surface area contributed by atoms with Crippen molar-refractivity contribution in [3.63, 3.8) is 0 Å². The van der Waals surface area contributed by atoms with Gasteiger partial charge in [0, 0.05) is 6.08 Å². The summed E-state index contributed by atoms with van der Waals surface area (Å²) in [5, 5.41) is 14.4. The Morgan fingerprint density at radius 1 is 1.43 bits per heavy atom. The van der Waals surface area contributed by atoms with Gasteiger partial charge >= 0.3 is 5.70 Å². The van der Waals surface area contributed by atoms with E-state index in [9.17, 15) is 10.1 Å². The van der Waals surface area contributed by atoms with Crippen molar-refractivity contribution in [1.82, 2.24) is 5.32 Å². The average Bonchev–Trinajstić information content (AvgIpc) is 2.42. The maximum absolute atomic E-state index is 11.3. The van der Waals surface area contributed by atoms with Crippen molar-refractivity contribution >= 4 is 8.32 Å². The van der Waals surface area contributed by atoms with Crippen molar-refractivity contribution in [3.8, 4) is 0 Å². The molecule has 0 saturated heterocycles. The molecule has 0 aromatic heterocycles. The first-order chi connectivity index (χ1) is 10.4. The highest BCUT2D eigenvalue weighted by Gasteiger charge is 2.45. The third kappa shape index (κ3) is 4.30. The van der Waals surface area contributed by atoms with E-state index in [-0.39, 0.29) is 17.3 Å². The van der Waals surface area contributed by atoms with Gasteiger partial charge in [-0.15, -0.1) is 0 Å². The Morgan fingerprint density at radius 3 is 2.52 bits per heavy atom. The number of dihydropyridines is 1. The Bertz CT molecular complexity index is 535. The zero-order chi connectivity index (χ0) is 17.9. The second kappa shape index (κ2) is 6.98. The maximum Gasteiger partial charge on any atom is 0.303 e. The Kier molecular flexibility index (Phi) is 5.95. The molecule has 0 bridgehead atoms. The fourth-order valence-corrected chi connectivity index (χ4v) is 3.00. The molecule has 0 spiro atoms. The van der Waals surface area contributed by atoms with Crippen LogP contribution in [-0.4, -0.2) is 32.2 Å². The van der Waals surface area contributed by atoms with Gasteiger partial charge in [-0.25, -0.2) is 0 Å². The first kappa shape index (κ1) is 19.6. The van der Waals surface area contributed by atoms with Crippen LogP contribution in [-0.2, 0) is 9.16 Å². The van der Waals surface area contributed by atoms with Crippen LogP contribution in [0.4, 0.5) is 0 Å². The van der Waals surface area contributed by atoms with Crippen LogP contribution in [0.15, 0.2) is 36.2 Å². The van der Waals surface area contributed by atoms with Gasteiger partial charge in [0.1, 0.15) is 0 Å². The van der Waals surface area contributed by atoms with E-state index in [2.05, 4.69) is 45.8 Å². The van der Waals surface area contributed by atoms with E-state index in [1.807, 2.05) is 0 Å². The molecule has 1 N–H and O–H groups in total. The van der Waals surface area contributed by atoms with E-state index in [4.69, 9.17) is 9.16 Å². The topological polar surface area (TPSA) is 73.6 Å². The zero-order valence-electron chi connectivity index (χ0n) is 14.9. The molecule has 7 heteroatoms. The van der Waals surface area contributed by atoms with Crippen LogP contribution >= 0.6 is 0 Å². The molecule has 23 heavy (non-hydrogen) atoms. The van der Waals surface area contributed by atoms with Crippen molar-refractivity contribution in [2.45, 2.75) is 51.6 Å². The molecule has 0 aromatic rings. The Hall–Kier alpha value is -1.44. The van der Waals surface area contributed by atoms with Crippen LogP contribution in [0, 0.1) is 10.1 Å². The lowest BCUT2D eigenvalue weighted by atomic mass is 9.99. The largest absolute Gasteiger partial charge is 0.414 e. The van der Waals surface area contributed by atoms with Crippen molar-refractivity contribution in [1.29, 1.82) is 0 Å². The fraction of sp³-hybridized carbons (Fsp3) is 0.625. The third-order valence-electron chi connectivity index (χ3n) is 4.47. The minimum absolute atomic E-state index is 0.0696. The lowest BCUT2D eigenvalue weighted by molar-refractivity contribution is -0.445. The molecule has 0 amide bonds. The minimum atomic E-state index is -1.87. The predicted octanol–water partition coefficient (Wildman–Crippen LogP) is 3.57. The Morgan fingerprint density at radius 2 is 2.04 bits per heavy atom. The lowest BCUT2D eigenvalue weighted by Gasteiger charge is -2.37. The van der Waals surface area contributed by atoms with Crippen molar-refractivity contribution in [2.75, 3.05) is 13.2 Å². The SMILES string of the molecule is C=C(C)C1(OCCO[Si](C)(C)C(C)(C)C)NC=CC=C1[N+](=O)[O-]. The predicted molar refractivity (Wildman–Crippen MR) is 94.0 cm³/mol. The summed E-state index contributed by atoms with van der Waals surface area (Å²) in [6.45, 7) is 17.0. The molecule has 1 aliphatic heterocycles. The van der Waals surface area contributed by atoms with Gasteiger partial charge in [-0.1, -0.05) is 27.4 Å². The summed E-state index contributed by atoms with van der Waals surface area (Å²) in [4.78, 5) is 10.9. The summed E-state index contributed by atoms with van der Waals surface area (Å²) in [6.07, 6.45) is 4.63. The van der Waals surface area contributed by atoms with Gasteiger partial charge < -0.3 is 14.5 Å². The van der Waals surface area contributed by atoms with Gasteiger partial charge in [-0.3, -0.25) is 10.1 Å². The Balaban J connectivity index is 2.77. The van der Waals surface area contributed by atoms with Gasteiger partial charge in [0.25, 0.3) is 5.72 Å². The summed E-state index contributed by atoms with van der Waals surface area (Å²) >= 11 is 0. The molecule has 0 radical (unpaired) electrons. The highest BCUT2D eigenvalue weighted by molar-refractivity contribution is 6.74. The highest BCUT2D eigenvalue weighted by Crippen LogP contribution is 2.36. The van der Waals surface area contributed by atoms with Gasteiger partial charge in [0.05, 0.1) is 18.1 Å². The fourth-order valence-electron chi connectivity index (χ4n) is 1.97. The molecule has 1 rings (SSSR count). The molecule has 6 nitrogen and oxygen atoms in total. The van der Waals surface area contributed by atoms with Crippen LogP contribution in [0.5, 0.6) is 0 Å². The molecule has 130 valence electrons. The molecule has 0 fully saturated rings. The number of ether oxygens (including phenoxy) is 1. The molecule has 0 aliphatic carbocycles. The molecule has 1 atom stereocenters. The van der Waals surface area contributed by atoms with Gasteiger partial charge in [-0.2, -0.15) is 0 Å². The van der Waals surface area contributed by atoms with Gasteiger partial charge in [-0.05, 0) is 42.9 Å². The van der Waals surface area contributed by atoms with Crippen LogP contribution < -0.4 is 5.32 Å². The quantitative estimate of drug-likeness (QED) is 0.252. The maximum atomic E-state index is 11.3. The van der Waals surface area contributed by atoms with Crippen LogP contribution in [0.25, 0.3) is 0 Å². The van der Waals surface area contributed by atoms with E-state index >= 15 is 0 Å². The molecule has 1 aliphatic rings. The van der Waals surface area contributed by atoms with E-state index in [1.54, 1.807) is 19.2 Å². The molecule has 0 saturated carbocycles. The van der Waals surface area contributed by atoms with Crippen LogP contribution in [0.2, 0.25) is 18.1 Å². The third-order valence-corrected chi connectivity index (χ3v) is 9.00. The van der Waals surface area contributed by atoms with Crippen molar-refractivity contribution < 1.29 is 14.1 Å². The average molecular weight is 340 g/mol. The molecular formula is C16H28N2O4Si. The summed E-state index contributed by atoms with van der Waals surface area (Å²) in [6, 6.07) is 0. The number of nitrogens with one attached hydrogen (secondary N) is 1. The lowest BCUT2D eigenvalue weighted by Crippen LogP contribution is -2.51. The summed E-state index contributed by atoms with van der Waals surface area (Å²) in [5.41, 5.74) is -0.855. The smallest absolute Gasteiger partial charge is 0.303 e. The monoisotopic (exact) mass is 340 g/mol. The molecule has 1 unspecified atom stereocenters. The minimum Gasteiger partial charge on any atom is -0.414 e. The van der Waals surface area contributed by atoms with E-state index in [0.29, 0.717) is 12.2 Å². The number of hydrogen-bond acceptors (Lipinski definition) is 5. The van der Waals surface area contributed by atoms with E-state index in [0.717, 1.165) is 0 Å². The van der Waals surface area contributed by atoms with Crippen molar-refractivity contribution in [2.24, 2.45) is 0 Å². The number of hydrogen-bond donors (Lipinski definition) is 1.